The Bertz CT molecular complexity index is 512. The van der Waals surface area contributed by atoms with E-state index in [1.807, 2.05) is 36.8 Å². The van der Waals surface area contributed by atoms with Crippen molar-refractivity contribution in [2.24, 2.45) is 0 Å². The van der Waals surface area contributed by atoms with Crippen molar-refractivity contribution in [3.63, 3.8) is 0 Å². The normalized spacial score (nSPS) is 19.9. The Balaban J connectivity index is 1.93. The van der Waals surface area contributed by atoms with Crippen LogP contribution in [0.5, 0.6) is 0 Å². The molecule has 1 saturated heterocycles. The van der Waals surface area contributed by atoms with Crippen LogP contribution in [-0.4, -0.2) is 22.6 Å². The SMILES string of the molecule is Clc1ccc(-n2cncc2C2CCCNC2)cc1. The summed E-state index contributed by atoms with van der Waals surface area (Å²) in [6.45, 7) is 2.17. The molecule has 0 amide bonds. The number of imidazole rings is 1. The van der Waals surface area contributed by atoms with E-state index in [4.69, 9.17) is 11.6 Å². The lowest BCUT2D eigenvalue weighted by molar-refractivity contribution is 0.451. The summed E-state index contributed by atoms with van der Waals surface area (Å²) in [5.41, 5.74) is 2.40. The highest BCUT2D eigenvalue weighted by molar-refractivity contribution is 6.30. The molecule has 1 unspecified atom stereocenters. The molecule has 3 nitrogen and oxygen atoms in total. The van der Waals surface area contributed by atoms with Gasteiger partial charge >= 0.3 is 0 Å². The molecule has 1 aromatic heterocycles. The van der Waals surface area contributed by atoms with Gasteiger partial charge in [0.05, 0.1) is 6.33 Å². The zero-order chi connectivity index (χ0) is 12.4. The first-order valence-corrected chi connectivity index (χ1v) is 6.71. The van der Waals surface area contributed by atoms with Gasteiger partial charge in [-0.15, -0.1) is 0 Å². The quantitative estimate of drug-likeness (QED) is 0.901. The van der Waals surface area contributed by atoms with Gasteiger partial charge in [0.2, 0.25) is 0 Å². The van der Waals surface area contributed by atoms with Crippen molar-refractivity contribution in [3.8, 4) is 5.69 Å². The molecule has 2 heterocycles. The van der Waals surface area contributed by atoms with E-state index in [1.54, 1.807) is 0 Å². The Labute approximate surface area is 112 Å². The van der Waals surface area contributed by atoms with Crippen molar-refractivity contribution in [3.05, 3.63) is 47.5 Å². The number of nitrogens with one attached hydrogen (secondary N) is 1. The van der Waals surface area contributed by atoms with Crippen molar-refractivity contribution in [2.45, 2.75) is 18.8 Å². The van der Waals surface area contributed by atoms with E-state index < -0.39 is 0 Å². The smallest absolute Gasteiger partial charge is 0.0994 e. The monoisotopic (exact) mass is 261 g/mol. The molecule has 0 radical (unpaired) electrons. The predicted octanol–water partition coefficient (Wildman–Crippen LogP) is 2.99. The summed E-state index contributed by atoms with van der Waals surface area (Å²) in [5.74, 6) is 0.553. The van der Waals surface area contributed by atoms with Gasteiger partial charge in [-0.2, -0.15) is 0 Å². The van der Waals surface area contributed by atoms with Crippen LogP contribution < -0.4 is 5.32 Å². The van der Waals surface area contributed by atoms with Crippen molar-refractivity contribution in [1.82, 2.24) is 14.9 Å². The zero-order valence-electron chi connectivity index (χ0n) is 10.1. The van der Waals surface area contributed by atoms with E-state index in [0.29, 0.717) is 5.92 Å². The van der Waals surface area contributed by atoms with Crippen LogP contribution in [0.25, 0.3) is 5.69 Å². The molecule has 1 aliphatic heterocycles. The molecule has 1 atom stereocenters. The maximum atomic E-state index is 5.93. The lowest BCUT2D eigenvalue weighted by Crippen LogP contribution is -2.29. The van der Waals surface area contributed by atoms with Crippen LogP contribution in [0.2, 0.25) is 5.02 Å². The lowest BCUT2D eigenvalue weighted by Gasteiger charge is -2.23. The van der Waals surface area contributed by atoms with Crippen LogP contribution in [0, 0.1) is 0 Å². The second kappa shape index (κ2) is 5.12. The standard InChI is InChI=1S/C14H16ClN3/c15-12-3-5-13(6-4-12)18-10-17-9-14(18)11-2-1-7-16-8-11/h3-6,9-11,16H,1-2,7-8H2. The van der Waals surface area contributed by atoms with Crippen LogP contribution in [-0.2, 0) is 0 Å². The van der Waals surface area contributed by atoms with Gasteiger partial charge in [-0.05, 0) is 43.7 Å². The second-order valence-corrected chi connectivity index (χ2v) is 5.14. The van der Waals surface area contributed by atoms with Crippen molar-refractivity contribution >= 4 is 11.6 Å². The van der Waals surface area contributed by atoms with E-state index in [-0.39, 0.29) is 0 Å². The first-order valence-electron chi connectivity index (χ1n) is 6.33. The number of hydrogen-bond acceptors (Lipinski definition) is 2. The molecule has 3 rings (SSSR count). The molecule has 1 aromatic carbocycles. The summed E-state index contributed by atoms with van der Waals surface area (Å²) in [5, 5.41) is 4.21. The minimum atomic E-state index is 0.553. The Morgan fingerprint density at radius 3 is 2.83 bits per heavy atom. The lowest BCUT2D eigenvalue weighted by atomic mass is 9.96. The highest BCUT2D eigenvalue weighted by Gasteiger charge is 2.19. The molecule has 0 aliphatic carbocycles. The first-order chi connectivity index (χ1) is 8.84. The molecular formula is C14H16ClN3. The van der Waals surface area contributed by atoms with E-state index in [1.165, 1.54) is 18.5 Å². The number of nitrogens with zero attached hydrogens (tertiary/aromatic N) is 2. The van der Waals surface area contributed by atoms with Gasteiger partial charge in [0, 0.05) is 35.1 Å². The number of benzene rings is 1. The summed E-state index contributed by atoms with van der Waals surface area (Å²) < 4.78 is 2.16. The maximum Gasteiger partial charge on any atom is 0.0994 e. The number of aromatic nitrogens is 2. The average Bonchev–Trinajstić information content (AvgIpc) is 2.90. The third-order valence-corrected chi connectivity index (χ3v) is 3.74. The molecular weight excluding hydrogens is 246 g/mol. The Morgan fingerprint density at radius 1 is 1.28 bits per heavy atom. The molecule has 0 saturated carbocycles. The van der Waals surface area contributed by atoms with Gasteiger partial charge in [0.1, 0.15) is 0 Å². The van der Waals surface area contributed by atoms with E-state index in [9.17, 15) is 0 Å². The molecule has 2 aromatic rings. The minimum Gasteiger partial charge on any atom is -0.316 e. The predicted molar refractivity (Wildman–Crippen MR) is 73.4 cm³/mol. The van der Waals surface area contributed by atoms with Gasteiger partial charge in [-0.1, -0.05) is 11.6 Å². The van der Waals surface area contributed by atoms with Gasteiger partial charge < -0.3 is 9.88 Å². The number of halogens is 1. The highest BCUT2D eigenvalue weighted by Crippen LogP contribution is 2.25. The molecule has 0 bridgehead atoms. The highest BCUT2D eigenvalue weighted by atomic mass is 35.5. The first kappa shape index (κ1) is 11.8. The zero-order valence-corrected chi connectivity index (χ0v) is 10.9. The fourth-order valence-electron chi connectivity index (χ4n) is 2.53. The summed E-state index contributed by atoms with van der Waals surface area (Å²) in [4.78, 5) is 4.30. The Kier molecular flexibility index (Phi) is 3.35. The van der Waals surface area contributed by atoms with E-state index in [2.05, 4.69) is 14.9 Å². The molecule has 94 valence electrons. The maximum absolute atomic E-state index is 5.93. The van der Waals surface area contributed by atoms with Crippen molar-refractivity contribution < 1.29 is 0 Å². The van der Waals surface area contributed by atoms with Crippen LogP contribution in [0.3, 0.4) is 0 Å². The summed E-state index contributed by atoms with van der Waals surface area (Å²) >= 11 is 5.93. The fraction of sp³-hybridized carbons (Fsp3) is 0.357. The average molecular weight is 262 g/mol. The van der Waals surface area contributed by atoms with E-state index >= 15 is 0 Å². The largest absolute Gasteiger partial charge is 0.316 e. The fourth-order valence-corrected chi connectivity index (χ4v) is 2.66. The summed E-state index contributed by atoms with van der Waals surface area (Å²) in [7, 11) is 0. The van der Waals surface area contributed by atoms with Gasteiger partial charge in [0.25, 0.3) is 0 Å². The summed E-state index contributed by atoms with van der Waals surface area (Å²) in [6, 6.07) is 7.90. The van der Waals surface area contributed by atoms with Crippen LogP contribution in [0.4, 0.5) is 0 Å². The van der Waals surface area contributed by atoms with Crippen LogP contribution >= 0.6 is 11.6 Å². The van der Waals surface area contributed by atoms with E-state index in [0.717, 1.165) is 23.8 Å². The molecule has 1 fully saturated rings. The third-order valence-electron chi connectivity index (χ3n) is 3.49. The Hall–Kier alpha value is -1.32. The summed E-state index contributed by atoms with van der Waals surface area (Å²) in [6.07, 6.45) is 6.32. The molecule has 18 heavy (non-hydrogen) atoms. The second-order valence-electron chi connectivity index (χ2n) is 4.71. The number of hydrogen-bond donors (Lipinski definition) is 1. The van der Waals surface area contributed by atoms with Gasteiger partial charge in [-0.3, -0.25) is 0 Å². The molecule has 1 aliphatic rings. The van der Waals surface area contributed by atoms with Crippen molar-refractivity contribution in [2.75, 3.05) is 13.1 Å². The minimum absolute atomic E-state index is 0.553. The topological polar surface area (TPSA) is 29.9 Å². The third kappa shape index (κ3) is 2.28. The molecule has 1 N–H and O–H groups in total. The van der Waals surface area contributed by atoms with Crippen LogP contribution in [0.1, 0.15) is 24.5 Å². The number of rotatable bonds is 2. The van der Waals surface area contributed by atoms with Crippen molar-refractivity contribution in [1.29, 1.82) is 0 Å². The Morgan fingerprint density at radius 2 is 2.11 bits per heavy atom. The molecule has 4 heteroatoms. The number of piperidine rings is 1. The molecule has 0 spiro atoms. The van der Waals surface area contributed by atoms with Gasteiger partial charge in [-0.25, -0.2) is 4.98 Å². The van der Waals surface area contributed by atoms with Gasteiger partial charge in [0.15, 0.2) is 0 Å². The van der Waals surface area contributed by atoms with Crippen LogP contribution in [0.15, 0.2) is 36.8 Å².